The van der Waals surface area contributed by atoms with E-state index in [0.29, 0.717) is 17.4 Å². The van der Waals surface area contributed by atoms with Crippen LogP contribution in [0.3, 0.4) is 0 Å². The molecule has 1 amide bonds. The summed E-state index contributed by atoms with van der Waals surface area (Å²) in [4.78, 5) is 59.4. The van der Waals surface area contributed by atoms with Gasteiger partial charge in [-0.05, 0) is 23.7 Å². The Labute approximate surface area is 226 Å². The Bertz CT molecular complexity index is 1900. The van der Waals surface area contributed by atoms with E-state index < -0.39 is 72.8 Å². The zero-order chi connectivity index (χ0) is 29.7. The van der Waals surface area contributed by atoms with E-state index in [2.05, 4.69) is 13.9 Å². The molecule has 3 aromatic heterocycles. The predicted octanol–water partition coefficient (Wildman–Crippen LogP) is 2.26. The van der Waals surface area contributed by atoms with Crippen molar-refractivity contribution in [1.82, 2.24) is 18.1 Å². The smallest absolute Gasteiger partial charge is 0.303 e. The van der Waals surface area contributed by atoms with E-state index >= 15 is 0 Å². The first kappa shape index (κ1) is 29.6. The molecule has 0 saturated heterocycles. The molecule has 0 aliphatic carbocycles. The molecule has 0 aliphatic heterocycles. The molecule has 214 valence electrons. The standard InChI is InChI=1S/C20H15F5N5O7PS2/c1-28-16(32)13-10(27-40-17(13)29(2)19(28)33)5-12(31)26-18-30(7-37-38(34,35)36)11(6-39-18)8-3-4-9(20(23,24)25)15(22)14(8)21/h3-4,6H,5,7H2,1-2H3,(H2,34,35,36)/b26-18+. The van der Waals surface area contributed by atoms with Crippen molar-refractivity contribution < 1.29 is 45.6 Å². The zero-order valence-corrected chi connectivity index (χ0v) is 22.5. The van der Waals surface area contributed by atoms with Gasteiger partial charge < -0.3 is 9.79 Å². The van der Waals surface area contributed by atoms with Crippen LogP contribution in [0.15, 0.2) is 32.1 Å². The summed E-state index contributed by atoms with van der Waals surface area (Å²) in [6.07, 6.45) is -5.76. The van der Waals surface area contributed by atoms with Crippen molar-refractivity contribution in [2.24, 2.45) is 19.1 Å². The van der Waals surface area contributed by atoms with Crippen molar-refractivity contribution in [3.8, 4) is 11.3 Å². The summed E-state index contributed by atoms with van der Waals surface area (Å²) < 4.78 is 90.3. The Morgan fingerprint density at radius 2 is 1.82 bits per heavy atom. The van der Waals surface area contributed by atoms with Gasteiger partial charge in [0.1, 0.15) is 11.6 Å². The second-order valence-electron chi connectivity index (χ2n) is 8.06. The van der Waals surface area contributed by atoms with E-state index in [1.54, 1.807) is 0 Å². The van der Waals surface area contributed by atoms with Gasteiger partial charge in [0.25, 0.3) is 11.5 Å². The lowest BCUT2D eigenvalue weighted by Gasteiger charge is -2.13. The fraction of sp³-hybridized carbons (Fsp3) is 0.250. The van der Waals surface area contributed by atoms with Gasteiger partial charge in [0, 0.05) is 25.0 Å². The molecule has 4 rings (SSSR count). The highest BCUT2D eigenvalue weighted by Gasteiger charge is 2.36. The SMILES string of the molecule is Cn1c(=O)c2c(CC(=O)/N=c3/scc(-c4ccc(C(F)(F)F)c(F)c4F)n3COP(=O)(O)O)nsc2n(C)c1=O. The maximum Gasteiger partial charge on any atom is 0.471 e. The van der Waals surface area contributed by atoms with Crippen LogP contribution in [0, 0.1) is 11.6 Å². The molecule has 0 unspecified atom stereocenters. The molecule has 40 heavy (non-hydrogen) atoms. The quantitative estimate of drug-likeness (QED) is 0.244. The summed E-state index contributed by atoms with van der Waals surface area (Å²) in [6.45, 7) is -1.06. The molecule has 1 aromatic carbocycles. The van der Waals surface area contributed by atoms with Crippen LogP contribution < -0.4 is 16.1 Å². The highest BCUT2D eigenvalue weighted by atomic mass is 32.1. The minimum Gasteiger partial charge on any atom is -0.303 e. The summed E-state index contributed by atoms with van der Waals surface area (Å²) >= 11 is 1.39. The number of hydrogen-bond acceptors (Lipinski definition) is 8. The van der Waals surface area contributed by atoms with E-state index in [1.807, 2.05) is 0 Å². The lowest BCUT2D eigenvalue weighted by Crippen LogP contribution is -2.36. The number of aryl methyl sites for hydroxylation is 1. The molecular formula is C20H15F5N5O7PS2. The molecule has 20 heteroatoms. The van der Waals surface area contributed by atoms with Crippen molar-refractivity contribution in [2.45, 2.75) is 19.3 Å². The molecular weight excluding hydrogens is 612 g/mol. The van der Waals surface area contributed by atoms with Crippen LogP contribution in [-0.4, -0.2) is 33.8 Å². The van der Waals surface area contributed by atoms with Gasteiger partial charge >= 0.3 is 19.7 Å². The van der Waals surface area contributed by atoms with Gasteiger partial charge in [0.05, 0.1) is 28.8 Å². The van der Waals surface area contributed by atoms with Crippen molar-refractivity contribution in [2.75, 3.05) is 0 Å². The van der Waals surface area contributed by atoms with Crippen molar-refractivity contribution in [1.29, 1.82) is 0 Å². The first-order chi connectivity index (χ1) is 18.5. The van der Waals surface area contributed by atoms with E-state index in [-0.39, 0.29) is 26.8 Å². The third kappa shape index (κ3) is 5.61. The maximum absolute atomic E-state index is 14.7. The highest BCUT2D eigenvalue weighted by Crippen LogP contribution is 2.38. The first-order valence-electron chi connectivity index (χ1n) is 10.6. The molecule has 0 aliphatic rings. The molecule has 2 N–H and O–H groups in total. The predicted molar refractivity (Wildman–Crippen MR) is 130 cm³/mol. The number of phosphoric acid groups is 1. The summed E-state index contributed by atoms with van der Waals surface area (Å²) in [6, 6.07) is 0.882. The average Bonchev–Trinajstić information content (AvgIpc) is 3.44. The second kappa shape index (κ2) is 10.6. The molecule has 0 saturated carbocycles. The highest BCUT2D eigenvalue weighted by molar-refractivity contribution is 7.46. The number of alkyl halides is 3. The van der Waals surface area contributed by atoms with Crippen LogP contribution in [0.4, 0.5) is 22.0 Å². The Kier molecular flexibility index (Phi) is 7.83. The van der Waals surface area contributed by atoms with Crippen molar-refractivity contribution in [3.63, 3.8) is 0 Å². The first-order valence-corrected chi connectivity index (χ1v) is 13.8. The molecule has 0 bridgehead atoms. The van der Waals surface area contributed by atoms with Gasteiger partial charge in [-0.2, -0.15) is 22.5 Å². The zero-order valence-electron chi connectivity index (χ0n) is 20.0. The molecule has 12 nitrogen and oxygen atoms in total. The number of fused-ring (bicyclic) bond motifs is 1. The molecule has 0 radical (unpaired) electrons. The van der Waals surface area contributed by atoms with Gasteiger partial charge in [0.15, 0.2) is 16.4 Å². The van der Waals surface area contributed by atoms with Gasteiger partial charge in [-0.3, -0.25) is 27.8 Å². The summed E-state index contributed by atoms with van der Waals surface area (Å²) in [7, 11) is -2.51. The fourth-order valence-electron chi connectivity index (χ4n) is 3.59. The third-order valence-corrected chi connectivity index (χ3v) is 7.78. The van der Waals surface area contributed by atoms with Gasteiger partial charge in [0.2, 0.25) is 0 Å². The largest absolute Gasteiger partial charge is 0.471 e. The maximum atomic E-state index is 14.7. The van der Waals surface area contributed by atoms with Crippen LogP contribution in [0.5, 0.6) is 0 Å². The van der Waals surface area contributed by atoms with Crippen LogP contribution >= 0.6 is 30.7 Å². The minimum atomic E-state index is -5.20. The topological polar surface area (TPSA) is 158 Å². The Morgan fingerprint density at radius 1 is 1.15 bits per heavy atom. The van der Waals surface area contributed by atoms with Crippen LogP contribution in [0.25, 0.3) is 21.5 Å². The fourth-order valence-corrected chi connectivity index (χ4v) is 5.61. The molecule has 4 aromatic rings. The molecule has 3 heterocycles. The number of nitrogens with zero attached hydrogens (tertiary/aromatic N) is 5. The van der Waals surface area contributed by atoms with Crippen LogP contribution in [0.1, 0.15) is 11.3 Å². The normalized spacial score (nSPS) is 13.0. The number of thiazole rings is 1. The van der Waals surface area contributed by atoms with Gasteiger partial charge in [-0.25, -0.2) is 18.1 Å². The molecule has 0 fully saturated rings. The number of phosphoric ester groups is 1. The lowest BCUT2D eigenvalue weighted by atomic mass is 10.1. The summed E-state index contributed by atoms with van der Waals surface area (Å²) in [5.41, 5.74) is -4.36. The van der Waals surface area contributed by atoms with Crippen LogP contribution in [0.2, 0.25) is 0 Å². The number of amides is 1. The molecule has 0 spiro atoms. The number of hydrogen-bond donors (Lipinski definition) is 2. The average molecular weight is 627 g/mol. The third-order valence-electron chi connectivity index (χ3n) is 5.50. The van der Waals surface area contributed by atoms with E-state index in [9.17, 15) is 40.9 Å². The number of carbonyl (C=O) groups excluding carboxylic acids is 1. The van der Waals surface area contributed by atoms with E-state index in [0.717, 1.165) is 30.6 Å². The lowest BCUT2D eigenvalue weighted by molar-refractivity contribution is -0.140. The van der Waals surface area contributed by atoms with Crippen LogP contribution in [-0.2, 0) is 47.3 Å². The van der Waals surface area contributed by atoms with Gasteiger partial charge in [-0.15, -0.1) is 11.3 Å². The van der Waals surface area contributed by atoms with Gasteiger partial charge in [-0.1, -0.05) is 0 Å². The monoisotopic (exact) mass is 627 g/mol. The number of carbonyl (C=O) groups is 1. The number of halogens is 5. The van der Waals surface area contributed by atoms with Crippen molar-refractivity contribution >= 4 is 46.8 Å². The Morgan fingerprint density at radius 3 is 2.45 bits per heavy atom. The van der Waals surface area contributed by atoms with E-state index in [1.165, 1.54) is 14.1 Å². The Hall–Kier alpha value is -3.35. The number of benzene rings is 1. The molecule has 0 atom stereocenters. The number of aromatic nitrogens is 4. The number of rotatable bonds is 6. The summed E-state index contributed by atoms with van der Waals surface area (Å²) in [5.74, 6) is -5.06. The second-order valence-corrected chi connectivity index (χ2v) is 10.9. The minimum absolute atomic E-state index is 0.00923. The van der Waals surface area contributed by atoms with Crippen molar-refractivity contribution in [3.05, 3.63) is 66.0 Å². The summed E-state index contributed by atoms with van der Waals surface area (Å²) in [5, 5.41) is 1.05. The van der Waals surface area contributed by atoms with E-state index in [4.69, 9.17) is 9.79 Å². The Balaban J connectivity index is 1.80.